The zero-order chi connectivity index (χ0) is 15.2. The number of aromatic nitrogens is 2. The van der Waals surface area contributed by atoms with E-state index in [9.17, 15) is 0 Å². The average Bonchev–Trinajstić information content (AvgIpc) is 3.03. The minimum atomic E-state index is 0.527. The molecule has 0 atom stereocenters. The van der Waals surface area contributed by atoms with E-state index in [1.807, 2.05) is 37.3 Å². The van der Waals surface area contributed by atoms with Crippen molar-refractivity contribution < 1.29 is 4.42 Å². The molecular formula is C17H17N3OS. The Kier molecular flexibility index (Phi) is 4.75. The Hall–Kier alpha value is -2.27. The molecule has 0 unspecified atom stereocenters. The molecule has 0 saturated heterocycles. The summed E-state index contributed by atoms with van der Waals surface area (Å²) < 4.78 is 5.52. The second-order valence-corrected chi connectivity index (χ2v) is 5.82. The molecule has 4 nitrogen and oxygen atoms in total. The van der Waals surface area contributed by atoms with Crippen molar-refractivity contribution in [3.8, 4) is 0 Å². The van der Waals surface area contributed by atoms with E-state index < -0.39 is 0 Å². The number of aryl methyl sites for hydroxylation is 1. The van der Waals surface area contributed by atoms with Crippen LogP contribution in [-0.4, -0.2) is 10.2 Å². The van der Waals surface area contributed by atoms with Gasteiger partial charge in [-0.05, 0) is 24.3 Å². The van der Waals surface area contributed by atoms with Crippen molar-refractivity contribution >= 4 is 17.4 Å². The van der Waals surface area contributed by atoms with E-state index in [1.165, 1.54) is 9.79 Å². The lowest BCUT2D eigenvalue weighted by atomic mass is 10.3. The molecule has 22 heavy (non-hydrogen) atoms. The minimum Gasteiger partial charge on any atom is -0.423 e. The second-order valence-electron chi connectivity index (χ2n) is 4.71. The smallest absolute Gasteiger partial charge is 0.235 e. The van der Waals surface area contributed by atoms with Gasteiger partial charge in [0.25, 0.3) is 0 Å². The Morgan fingerprint density at radius 1 is 0.955 bits per heavy atom. The molecule has 112 valence electrons. The number of rotatable bonds is 6. The third kappa shape index (κ3) is 3.68. The van der Waals surface area contributed by atoms with Crippen LogP contribution in [0.2, 0.25) is 0 Å². The van der Waals surface area contributed by atoms with E-state index in [0.717, 1.165) is 12.1 Å². The summed E-state index contributed by atoms with van der Waals surface area (Å²) in [7, 11) is 0. The summed E-state index contributed by atoms with van der Waals surface area (Å²) in [5.41, 5.74) is 1.06. The van der Waals surface area contributed by atoms with Crippen molar-refractivity contribution in [2.75, 3.05) is 5.32 Å². The first-order valence-corrected chi connectivity index (χ1v) is 8.04. The fourth-order valence-corrected chi connectivity index (χ4v) is 2.93. The normalized spacial score (nSPS) is 10.6. The third-order valence-corrected chi connectivity index (χ3v) is 4.18. The van der Waals surface area contributed by atoms with Crippen LogP contribution in [0.4, 0.5) is 5.69 Å². The Balaban J connectivity index is 1.71. The van der Waals surface area contributed by atoms with Crippen molar-refractivity contribution in [3.63, 3.8) is 0 Å². The number of hydrogen-bond donors (Lipinski definition) is 1. The molecule has 5 heteroatoms. The molecule has 0 aliphatic carbocycles. The van der Waals surface area contributed by atoms with E-state index in [-0.39, 0.29) is 0 Å². The first kappa shape index (κ1) is 14.7. The lowest BCUT2D eigenvalue weighted by Crippen LogP contribution is -2.00. The summed E-state index contributed by atoms with van der Waals surface area (Å²) in [6, 6.07) is 18.5. The predicted octanol–water partition coefficient (Wildman–Crippen LogP) is 4.40. The van der Waals surface area contributed by atoms with Crippen LogP contribution in [0, 0.1) is 0 Å². The van der Waals surface area contributed by atoms with Gasteiger partial charge in [-0.1, -0.05) is 49.0 Å². The topological polar surface area (TPSA) is 51.0 Å². The first-order chi connectivity index (χ1) is 10.8. The second kappa shape index (κ2) is 7.13. The standard InChI is InChI=1S/C17H17N3OS/c1-2-16-19-20-17(21-16)12-18-14-10-6-7-11-15(14)22-13-8-4-3-5-9-13/h3-11,18H,2,12H2,1H3. The zero-order valence-electron chi connectivity index (χ0n) is 12.3. The summed E-state index contributed by atoms with van der Waals surface area (Å²) in [6.45, 7) is 2.52. The van der Waals surface area contributed by atoms with Gasteiger partial charge >= 0.3 is 0 Å². The van der Waals surface area contributed by atoms with Gasteiger partial charge in [0, 0.05) is 21.9 Å². The fraction of sp³-hybridized carbons (Fsp3) is 0.176. The summed E-state index contributed by atoms with van der Waals surface area (Å²) in [6.07, 6.45) is 0.757. The molecule has 2 aromatic carbocycles. The molecule has 1 aromatic heterocycles. The zero-order valence-corrected chi connectivity index (χ0v) is 13.1. The first-order valence-electron chi connectivity index (χ1n) is 7.22. The average molecular weight is 311 g/mol. The highest BCUT2D eigenvalue weighted by Gasteiger charge is 2.07. The summed E-state index contributed by atoms with van der Waals surface area (Å²) >= 11 is 1.73. The van der Waals surface area contributed by atoms with Crippen LogP contribution in [0.15, 0.2) is 68.8 Å². The largest absolute Gasteiger partial charge is 0.423 e. The fourth-order valence-electron chi connectivity index (χ4n) is 1.99. The van der Waals surface area contributed by atoms with Gasteiger partial charge < -0.3 is 9.73 Å². The lowest BCUT2D eigenvalue weighted by Gasteiger charge is -2.10. The lowest BCUT2D eigenvalue weighted by molar-refractivity contribution is 0.460. The van der Waals surface area contributed by atoms with Crippen LogP contribution in [0.1, 0.15) is 18.7 Å². The SMILES string of the molecule is CCc1nnc(CNc2ccccc2Sc2ccccc2)o1. The van der Waals surface area contributed by atoms with Crippen molar-refractivity contribution in [2.24, 2.45) is 0 Å². The van der Waals surface area contributed by atoms with Gasteiger partial charge in [0.15, 0.2) is 0 Å². The highest BCUT2D eigenvalue weighted by atomic mass is 32.2. The van der Waals surface area contributed by atoms with Gasteiger partial charge in [0.1, 0.15) is 0 Å². The van der Waals surface area contributed by atoms with Gasteiger partial charge in [-0.3, -0.25) is 0 Å². The Bertz CT molecular complexity index is 728. The Morgan fingerprint density at radius 3 is 2.45 bits per heavy atom. The third-order valence-electron chi connectivity index (χ3n) is 3.10. The van der Waals surface area contributed by atoms with Gasteiger partial charge in [-0.25, -0.2) is 0 Å². The van der Waals surface area contributed by atoms with Gasteiger partial charge in [0.05, 0.1) is 6.54 Å². The van der Waals surface area contributed by atoms with Crippen molar-refractivity contribution in [1.29, 1.82) is 0 Å². The van der Waals surface area contributed by atoms with E-state index in [1.54, 1.807) is 11.8 Å². The molecule has 0 spiro atoms. The van der Waals surface area contributed by atoms with E-state index >= 15 is 0 Å². The maximum Gasteiger partial charge on any atom is 0.235 e. The molecule has 3 rings (SSSR count). The van der Waals surface area contributed by atoms with Crippen molar-refractivity contribution in [1.82, 2.24) is 10.2 Å². The molecule has 0 aliphatic heterocycles. The van der Waals surface area contributed by atoms with Gasteiger partial charge in [-0.2, -0.15) is 0 Å². The van der Waals surface area contributed by atoms with Crippen molar-refractivity contribution in [3.05, 3.63) is 66.4 Å². The molecule has 0 radical (unpaired) electrons. The van der Waals surface area contributed by atoms with Gasteiger partial charge in [0.2, 0.25) is 11.8 Å². The van der Waals surface area contributed by atoms with E-state index in [2.05, 4.69) is 39.8 Å². The summed E-state index contributed by atoms with van der Waals surface area (Å²) in [4.78, 5) is 2.38. The monoisotopic (exact) mass is 311 g/mol. The number of nitrogens with one attached hydrogen (secondary N) is 1. The van der Waals surface area contributed by atoms with E-state index in [0.29, 0.717) is 18.3 Å². The van der Waals surface area contributed by atoms with Crippen LogP contribution in [0.5, 0.6) is 0 Å². The molecule has 1 N–H and O–H groups in total. The molecule has 0 amide bonds. The van der Waals surface area contributed by atoms with Crippen LogP contribution < -0.4 is 5.32 Å². The number of hydrogen-bond acceptors (Lipinski definition) is 5. The number of benzene rings is 2. The molecule has 0 aliphatic rings. The van der Waals surface area contributed by atoms with Crippen molar-refractivity contribution in [2.45, 2.75) is 29.7 Å². The Labute approximate surface area is 134 Å². The predicted molar refractivity (Wildman–Crippen MR) is 88.0 cm³/mol. The number of nitrogens with zero attached hydrogens (tertiary/aromatic N) is 2. The van der Waals surface area contributed by atoms with E-state index in [4.69, 9.17) is 4.42 Å². The molecule has 0 bridgehead atoms. The summed E-state index contributed by atoms with van der Waals surface area (Å²) in [5, 5.41) is 11.4. The van der Waals surface area contributed by atoms with Crippen LogP contribution >= 0.6 is 11.8 Å². The minimum absolute atomic E-state index is 0.527. The summed E-state index contributed by atoms with van der Waals surface area (Å²) in [5.74, 6) is 1.28. The molecule has 1 heterocycles. The Morgan fingerprint density at radius 2 is 1.68 bits per heavy atom. The van der Waals surface area contributed by atoms with Crippen LogP contribution in [-0.2, 0) is 13.0 Å². The number of anilines is 1. The number of para-hydroxylation sites is 1. The van der Waals surface area contributed by atoms with Crippen LogP contribution in [0.3, 0.4) is 0 Å². The maximum absolute atomic E-state index is 5.52. The maximum atomic E-state index is 5.52. The molecule has 3 aromatic rings. The molecule has 0 fully saturated rings. The molecular weight excluding hydrogens is 294 g/mol. The van der Waals surface area contributed by atoms with Gasteiger partial charge in [-0.15, -0.1) is 10.2 Å². The highest BCUT2D eigenvalue weighted by molar-refractivity contribution is 7.99. The molecule has 0 saturated carbocycles. The quantitative estimate of drug-likeness (QED) is 0.731. The highest BCUT2D eigenvalue weighted by Crippen LogP contribution is 2.33. The van der Waals surface area contributed by atoms with Crippen LogP contribution in [0.25, 0.3) is 0 Å².